The molecule has 1 fully saturated rings. The van der Waals surface area contributed by atoms with Crippen LogP contribution >= 0.6 is 11.6 Å². The summed E-state index contributed by atoms with van der Waals surface area (Å²) >= 11 is 6.34. The molecule has 0 unspecified atom stereocenters. The van der Waals surface area contributed by atoms with E-state index >= 15 is 0 Å². The lowest BCUT2D eigenvalue weighted by atomic mass is 9.88. The van der Waals surface area contributed by atoms with Crippen molar-refractivity contribution in [2.24, 2.45) is 5.10 Å². The molecule has 1 saturated carbocycles. The van der Waals surface area contributed by atoms with Gasteiger partial charge in [-0.3, -0.25) is 4.79 Å². The molecule has 1 aliphatic rings. The van der Waals surface area contributed by atoms with E-state index in [1.807, 2.05) is 25.1 Å². The molecular formula is C26H30ClN3O3. The number of hydrogen-bond acceptors (Lipinski definition) is 5. The van der Waals surface area contributed by atoms with Crippen molar-refractivity contribution in [3.05, 3.63) is 63.2 Å². The van der Waals surface area contributed by atoms with Gasteiger partial charge in [-0.1, -0.05) is 49.9 Å². The fourth-order valence-corrected chi connectivity index (χ4v) is 4.46. The number of fused-ring (bicyclic) bond motifs is 1. The van der Waals surface area contributed by atoms with E-state index in [0.29, 0.717) is 38.8 Å². The van der Waals surface area contributed by atoms with Crippen LogP contribution in [0.5, 0.6) is 11.5 Å². The average molecular weight is 468 g/mol. The van der Waals surface area contributed by atoms with Gasteiger partial charge in [0.1, 0.15) is 5.82 Å². The molecule has 0 bridgehead atoms. The minimum absolute atomic E-state index is 0.0184. The minimum Gasteiger partial charge on any atom is -0.493 e. The summed E-state index contributed by atoms with van der Waals surface area (Å²) in [6.07, 6.45) is 7.94. The highest BCUT2D eigenvalue weighted by Gasteiger charge is 2.22. The molecule has 0 spiro atoms. The van der Waals surface area contributed by atoms with E-state index in [4.69, 9.17) is 26.1 Å². The van der Waals surface area contributed by atoms with Gasteiger partial charge in [0.05, 0.1) is 30.3 Å². The van der Waals surface area contributed by atoms with Crippen LogP contribution in [0.4, 0.5) is 0 Å². The Hall–Kier alpha value is -2.86. The third-order valence-electron chi connectivity index (χ3n) is 6.22. The number of benzene rings is 2. The van der Waals surface area contributed by atoms with E-state index in [9.17, 15) is 4.79 Å². The molecule has 0 saturated heterocycles. The van der Waals surface area contributed by atoms with Crippen molar-refractivity contribution in [2.45, 2.75) is 64.4 Å². The van der Waals surface area contributed by atoms with Crippen molar-refractivity contribution < 1.29 is 9.47 Å². The molecule has 0 radical (unpaired) electrons. The number of methoxy groups -OCH3 is 1. The zero-order valence-electron chi connectivity index (χ0n) is 19.4. The second-order valence-corrected chi connectivity index (χ2v) is 8.98. The van der Waals surface area contributed by atoms with Crippen LogP contribution in [0.15, 0.2) is 46.3 Å². The summed E-state index contributed by atoms with van der Waals surface area (Å²) in [6.45, 7) is 4.05. The van der Waals surface area contributed by atoms with Crippen molar-refractivity contribution in [2.75, 3.05) is 7.11 Å². The maximum atomic E-state index is 13.4. The fraction of sp³-hybridized carbons (Fsp3) is 0.423. The van der Waals surface area contributed by atoms with Crippen LogP contribution in [-0.2, 0) is 0 Å². The van der Waals surface area contributed by atoms with E-state index in [2.05, 4.69) is 12.0 Å². The SMILES string of the molecule is CC[C@@H](C)Oc1c(C=Nn2c(C3CCCCC3)nc3ccccc3c2=O)cc(Cl)cc1OC. The number of hydrogen-bond donors (Lipinski definition) is 0. The van der Waals surface area contributed by atoms with Crippen molar-refractivity contribution >= 4 is 28.7 Å². The summed E-state index contributed by atoms with van der Waals surface area (Å²) in [7, 11) is 1.58. The predicted octanol–water partition coefficient (Wildman–Crippen LogP) is 6.17. The van der Waals surface area contributed by atoms with Gasteiger partial charge >= 0.3 is 0 Å². The maximum Gasteiger partial charge on any atom is 0.282 e. The number of nitrogens with zero attached hydrogens (tertiary/aromatic N) is 3. The van der Waals surface area contributed by atoms with Gasteiger partial charge < -0.3 is 9.47 Å². The van der Waals surface area contributed by atoms with Crippen LogP contribution in [0.2, 0.25) is 5.02 Å². The second kappa shape index (κ2) is 10.4. The van der Waals surface area contributed by atoms with E-state index in [0.717, 1.165) is 32.1 Å². The van der Waals surface area contributed by atoms with Crippen molar-refractivity contribution in [3.63, 3.8) is 0 Å². The van der Waals surface area contributed by atoms with Gasteiger partial charge in [-0.05, 0) is 44.4 Å². The zero-order chi connectivity index (χ0) is 23.4. The van der Waals surface area contributed by atoms with Crippen LogP contribution in [0, 0.1) is 0 Å². The predicted molar refractivity (Wildman–Crippen MR) is 133 cm³/mol. The van der Waals surface area contributed by atoms with Gasteiger partial charge in [0.25, 0.3) is 5.56 Å². The first-order valence-electron chi connectivity index (χ1n) is 11.6. The van der Waals surface area contributed by atoms with Crippen LogP contribution in [0.25, 0.3) is 10.9 Å². The van der Waals surface area contributed by atoms with Crippen molar-refractivity contribution in [3.8, 4) is 11.5 Å². The highest BCUT2D eigenvalue weighted by molar-refractivity contribution is 6.31. The first-order valence-corrected chi connectivity index (χ1v) is 12.0. The number of halogens is 1. The average Bonchev–Trinajstić information content (AvgIpc) is 2.84. The fourth-order valence-electron chi connectivity index (χ4n) is 4.24. The second-order valence-electron chi connectivity index (χ2n) is 8.55. The highest BCUT2D eigenvalue weighted by Crippen LogP contribution is 2.35. The molecule has 0 amide bonds. The summed E-state index contributed by atoms with van der Waals surface area (Å²) in [5, 5.41) is 5.69. The van der Waals surface area contributed by atoms with E-state index in [1.165, 1.54) is 11.1 Å². The Morgan fingerprint density at radius 3 is 2.73 bits per heavy atom. The molecule has 1 aliphatic carbocycles. The molecule has 3 aromatic rings. The van der Waals surface area contributed by atoms with E-state index < -0.39 is 0 Å². The number of para-hydroxylation sites is 1. The van der Waals surface area contributed by atoms with Crippen LogP contribution in [-0.4, -0.2) is 29.1 Å². The minimum atomic E-state index is -0.171. The quantitative estimate of drug-likeness (QED) is 0.390. The van der Waals surface area contributed by atoms with Gasteiger partial charge in [0, 0.05) is 22.6 Å². The molecule has 2 aromatic carbocycles. The van der Waals surface area contributed by atoms with Crippen LogP contribution < -0.4 is 15.0 Å². The standard InChI is InChI=1S/C26H30ClN3O3/c1-4-17(2)33-24-19(14-20(27)15-23(24)32-3)16-28-30-25(18-10-6-5-7-11-18)29-22-13-9-8-12-21(22)26(30)31/h8-9,12-18H,4-7,10-11H2,1-3H3/t17-/m1/s1. The number of ether oxygens (including phenoxy) is 2. The molecule has 174 valence electrons. The Balaban J connectivity index is 1.85. The van der Waals surface area contributed by atoms with Gasteiger partial charge in [-0.15, -0.1) is 0 Å². The lowest BCUT2D eigenvalue weighted by Gasteiger charge is -2.23. The number of aromatic nitrogens is 2. The molecule has 4 rings (SSSR count). The largest absolute Gasteiger partial charge is 0.493 e. The maximum absolute atomic E-state index is 13.4. The van der Waals surface area contributed by atoms with E-state index in [-0.39, 0.29) is 17.6 Å². The Bertz CT molecular complexity index is 1220. The van der Waals surface area contributed by atoms with Gasteiger partial charge in [-0.2, -0.15) is 9.78 Å². The molecule has 1 atom stereocenters. The Morgan fingerprint density at radius 2 is 2.00 bits per heavy atom. The summed E-state index contributed by atoms with van der Waals surface area (Å²) in [5.41, 5.74) is 1.19. The molecule has 7 heteroatoms. The summed E-state index contributed by atoms with van der Waals surface area (Å²) in [6, 6.07) is 10.9. The summed E-state index contributed by atoms with van der Waals surface area (Å²) in [5.74, 6) is 2.01. The molecule has 6 nitrogen and oxygen atoms in total. The van der Waals surface area contributed by atoms with E-state index in [1.54, 1.807) is 31.5 Å². The third kappa shape index (κ3) is 5.06. The van der Waals surface area contributed by atoms with Crippen LogP contribution in [0.3, 0.4) is 0 Å². The Morgan fingerprint density at radius 1 is 1.24 bits per heavy atom. The molecule has 1 heterocycles. The first-order chi connectivity index (χ1) is 16.0. The summed E-state index contributed by atoms with van der Waals surface area (Å²) in [4.78, 5) is 18.3. The molecular weight excluding hydrogens is 438 g/mol. The van der Waals surface area contributed by atoms with Crippen molar-refractivity contribution in [1.82, 2.24) is 9.66 Å². The molecule has 1 aromatic heterocycles. The van der Waals surface area contributed by atoms with Crippen LogP contribution in [0.1, 0.15) is 69.7 Å². The van der Waals surface area contributed by atoms with Crippen molar-refractivity contribution in [1.29, 1.82) is 0 Å². The zero-order valence-corrected chi connectivity index (χ0v) is 20.1. The highest BCUT2D eigenvalue weighted by atomic mass is 35.5. The Labute approximate surface area is 199 Å². The lowest BCUT2D eigenvalue weighted by Crippen LogP contribution is -2.25. The monoisotopic (exact) mass is 467 g/mol. The molecule has 0 N–H and O–H groups in total. The smallest absolute Gasteiger partial charge is 0.282 e. The first kappa shape index (κ1) is 23.3. The lowest BCUT2D eigenvalue weighted by molar-refractivity contribution is 0.207. The normalized spacial score (nSPS) is 15.8. The Kier molecular flexibility index (Phi) is 7.33. The van der Waals surface area contributed by atoms with Gasteiger partial charge in [0.15, 0.2) is 11.5 Å². The number of rotatable bonds is 7. The molecule has 0 aliphatic heterocycles. The molecule has 33 heavy (non-hydrogen) atoms. The third-order valence-corrected chi connectivity index (χ3v) is 6.44. The topological polar surface area (TPSA) is 65.7 Å². The summed E-state index contributed by atoms with van der Waals surface area (Å²) < 4.78 is 13.1. The van der Waals surface area contributed by atoms with Gasteiger partial charge in [-0.25, -0.2) is 4.98 Å². The van der Waals surface area contributed by atoms with Gasteiger partial charge in [0.2, 0.25) is 0 Å².